The number of ether oxygens (including phenoxy) is 1. The molecular weight excluding hydrogens is 166 g/mol. The van der Waals surface area contributed by atoms with Gasteiger partial charge in [0.2, 0.25) is 0 Å². The summed E-state index contributed by atoms with van der Waals surface area (Å²) < 4.78 is 5.15. The Kier molecular flexibility index (Phi) is 7.30. The van der Waals surface area contributed by atoms with Crippen molar-refractivity contribution in [3.05, 3.63) is 11.8 Å². The summed E-state index contributed by atoms with van der Waals surface area (Å²) in [5, 5.41) is 0. The van der Waals surface area contributed by atoms with Crippen LogP contribution in [0.4, 0.5) is 0 Å². The van der Waals surface area contributed by atoms with E-state index in [0.29, 0.717) is 18.8 Å². The second kappa shape index (κ2) is 7.80. The number of rotatable bonds is 7. The fraction of sp³-hybridized carbons (Fsp3) is 0.700. The lowest BCUT2D eigenvalue weighted by Crippen LogP contribution is -2.17. The first kappa shape index (κ1) is 12.2. The minimum absolute atomic E-state index is 0.413. The molecular formula is C10H19NO2. The maximum absolute atomic E-state index is 10.6. The van der Waals surface area contributed by atoms with Crippen molar-refractivity contribution < 1.29 is 9.53 Å². The van der Waals surface area contributed by atoms with E-state index in [1.165, 1.54) is 0 Å². The molecule has 0 radical (unpaired) electrons. The summed E-state index contributed by atoms with van der Waals surface area (Å²) in [6.45, 7) is 8.92. The van der Waals surface area contributed by atoms with Crippen LogP contribution >= 0.6 is 0 Å². The van der Waals surface area contributed by atoms with Gasteiger partial charge in [-0.1, -0.05) is 0 Å². The van der Waals surface area contributed by atoms with Crippen molar-refractivity contribution in [2.75, 3.05) is 26.3 Å². The summed E-state index contributed by atoms with van der Waals surface area (Å²) in [6.07, 6.45) is 2.72. The second-order valence-corrected chi connectivity index (χ2v) is 2.68. The average molecular weight is 185 g/mol. The monoisotopic (exact) mass is 185 g/mol. The molecule has 0 aliphatic carbocycles. The summed E-state index contributed by atoms with van der Waals surface area (Å²) in [7, 11) is 0. The van der Waals surface area contributed by atoms with E-state index in [9.17, 15) is 4.79 Å². The maximum Gasteiger partial charge on any atom is 0.149 e. The van der Waals surface area contributed by atoms with Gasteiger partial charge in [0, 0.05) is 31.5 Å². The van der Waals surface area contributed by atoms with Crippen LogP contribution in [0.15, 0.2) is 11.8 Å². The molecule has 0 saturated heterocycles. The Morgan fingerprint density at radius 2 is 1.92 bits per heavy atom. The number of hydrogen-bond donors (Lipinski definition) is 0. The Balaban J connectivity index is 4.09. The van der Waals surface area contributed by atoms with Crippen LogP contribution < -0.4 is 0 Å². The number of carbonyl (C=O) groups is 1. The summed E-state index contributed by atoms with van der Waals surface area (Å²) in [6, 6.07) is 0. The van der Waals surface area contributed by atoms with Gasteiger partial charge in [-0.25, -0.2) is 0 Å². The highest BCUT2D eigenvalue weighted by atomic mass is 16.5. The Hall–Kier alpha value is -0.830. The second-order valence-electron chi connectivity index (χ2n) is 2.68. The molecule has 13 heavy (non-hydrogen) atoms. The van der Waals surface area contributed by atoms with Crippen LogP contribution in [0, 0.1) is 0 Å². The predicted octanol–water partition coefficient (Wildman–Crippen LogP) is 1.45. The van der Waals surface area contributed by atoms with Crippen LogP contribution in [0.25, 0.3) is 0 Å². The zero-order valence-corrected chi connectivity index (χ0v) is 8.75. The first-order valence-electron chi connectivity index (χ1n) is 4.76. The molecule has 0 aromatic heterocycles. The SMILES string of the molecule is CCOC/C(C=O)=C/N(CC)CC. The van der Waals surface area contributed by atoms with Crippen molar-refractivity contribution in [3.63, 3.8) is 0 Å². The van der Waals surface area contributed by atoms with Crippen LogP contribution in [0.2, 0.25) is 0 Å². The molecule has 0 spiro atoms. The van der Waals surface area contributed by atoms with Crippen molar-refractivity contribution in [3.8, 4) is 0 Å². The summed E-state index contributed by atoms with van der Waals surface area (Å²) in [4.78, 5) is 12.7. The third-order valence-electron chi connectivity index (χ3n) is 1.78. The van der Waals surface area contributed by atoms with Crippen molar-refractivity contribution >= 4 is 6.29 Å². The highest BCUT2D eigenvalue weighted by molar-refractivity contribution is 5.73. The quantitative estimate of drug-likeness (QED) is 0.444. The molecule has 0 unspecified atom stereocenters. The van der Waals surface area contributed by atoms with Gasteiger partial charge in [0.05, 0.1) is 6.61 Å². The molecule has 0 rings (SSSR count). The fourth-order valence-corrected chi connectivity index (χ4v) is 0.962. The molecule has 0 N–H and O–H groups in total. The molecule has 0 bridgehead atoms. The zero-order chi connectivity index (χ0) is 10.1. The van der Waals surface area contributed by atoms with Crippen molar-refractivity contribution in [1.82, 2.24) is 4.90 Å². The molecule has 0 aromatic rings. The van der Waals surface area contributed by atoms with E-state index < -0.39 is 0 Å². The van der Waals surface area contributed by atoms with E-state index in [4.69, 9.17) is 4.74 Å². The minimum Gasteiger partial charge on any atom is -0.378 e. The third kappa shape index (κ3) is 5.42. The largest absolute Gasteiger partial charge is 0.378 e. The smallest absolute Gasteiger partial charge is 0.149 e. The first-order chi connectivity index (χ1) is 6.28. The van der Waals surface area contributed by atoms with Gasteiger partial charge in [0.15, 0.2) is 0 Å². The lowest BCUT2D eigenvalue weighted by molar-refractivity contribution is -0.105. The van der Waals surface area contributed by atoms with E-state index >= 15 is 0 Å². The lowest BCUT2D eigenvalue weighted by Gasteiger charge is -2.16. The van der Waals surface area contributed by atoms with Crippen LogP contribution in [-0.4, -0.2) is 37.5 Å². The van der Waals surface area contributed by atoms with Gasteiger partial charge < -0.3 is 9.64 Å². The first-order valence-corrected chi connectivity index (χ1v) is 4.76. The van der Waals surface area contributed by atoms with E-state index in [-0.39, 0.29) is 0 Å². The highest BCUT2D eigenvalue weighted by Crippen LogP contribution is 1.96. The summed E-state index contributed by atoms with van der Waals surface area (Å²) >= 11 is 0. The van der Waals surface area contributed by atoms with Crippen molar-refractivity contribution in [1.29, 1.82) is 0 Å². The standard InChI is InChI=1S/C10H19NO2/c1-4-11(5-2)7-10(8-12)9-13-6-3/h7-8H,4-6,9H2,1-3H3/b10-7+. The highest BCUT2D eigenvalue weighted by Gasteiger charge is 1.98. The molecule has 0 saturated carbocycles. The third-order valence-corrected chi connectivity index (χ3v) is 1.78. The topological polar surface area (TPSA) is 29.5 Å². The van der Waals surface area contributed by atoms with Crippen LogP contribution in [0.5, 0.6) is 0 Å². The molecule has 0 heterocycles. The summed E-state index contributed by atoms with van der Waals surface area (Å²) in [5.74, 6) is 0. The van der Waals surface area contributed by atoms with Gasteiger partial charge in [0.25, 0.3) is 0 Å². The van der Waals surface area contributed by atoms with Gasteiger partial charge in [0.1, 0.15) is 6.29 Å². The van der Waals surface area contributed by atoms with Crippen molar-refractivity contribution in [2.45, 2.75) is 20.8 Å². The minimum atomic E-state index is 0.413. The molecule has 3 heteroatoms. The summed E-state index contributed by atoms with van der Waals surface area (Å²) in [5.41, 5.74) is 0.700. The van der Waals surface area contributed by atoms with Gasteiger partial charge in [-0.3, -0.25) is 4.79 Å². The van der Waals surface area contributed by atoms with Gasteiger partial charge in [-0.2, -0.15) is 0 Å². The molecule has 0 fully saturated rings. The van der Waals surface area contributed by atoms with Crippen LogP contribution in [0.1, 0.15) is 20.8 Å². The Morgan fingerprint density at radius 1 is 1.31 bits per heavy atom. The molecule has 3 nitrogen and oxygen atoms in total. The Bertz CT molecular complexity index is 162. The number of carbonyl (C=O) groups excluding carboxylic acids is 1. The van der Waals surface area contributed by atoms with Crippen LogP contribution in [-0.2, 0) is 9.53 Å². The average Bonchev–Trinajstić information content (AvgIpc) is 2.19. The Morgan fingerprint density at radius 3 is 2.31 bits per heavy atom. The lowest BCUT2D eigenvalue weighted by atomic mass is 10.3. The predicted molar refractivity (Wildman–Crippen MR) is 53.6 cm³/mol. The van der Waals surface area contributed by atoms with Crippen molar-refractivity contribution in [2.24, 2.45) is 0 Å². The van der Waals surface area contributed by atoms with Crippen LogP contribution in [0.3, 0.4) is 0 Å². The zero-order valence-electron chi connectivity index (χ0n) is 8.75. The maximum atomic E-state index is 10.6. The Labute approximate surface area is 80.4 Å². The number of aldehydes is 1. The van der Waals surface area contributed by atoms with E-state index in [1.54, 1.807) is 0 Å². The molecule has 0 aliphatic heterocycles. The normalized spacial score (nSPS) is 11.5. The molecule has 0 amide bonds. The van der Waals surface area contributed by atoms with Gasteiger partial charge >= 0.3 is 0 Å². The molecule has 76 valence electrons. The van der Waals surface area contributed by atoms with E-state index in [1.807, 2.05) is 13.1 Å². The van der Waals surface area contributed by atoms with E-state index in [0.717, 1.165) is 19.4 Å². The molecule has 0 aliphatic rings. The molecule has 0 aromatic carbocycles. The van der Waals surface area contributed by atoms with Gasteiger partial charge in [-0.05, 0) is 20.8 Å². The number of hydrogen-bond acceptors (Lipinski definition) is 3. The van der Waals surface area contributed by atoms with E-state index in [2.05, 4.69) is 18.7 Å². The number of nitrogens with zero attached hydrogens (tertiary/aromatic N) is 1. The fourth-order valence-electron chi connectivity index (χ4n) is 0.962. The molecule has 0 atom stereocenters. The van der Waals surface area contributed by atoms with Gasteiger partial charge in [-0.15, -0.1) is 0 Å².